The van der Waals surface area contributed by atoms with Crippen LogP contribution >= 0.6 is 0 Å². The van der Waals surface area contributed by atoms with Gasteiger partial charge in [-0.05, 0) is 39.1 Å². The summed E-state index contributed by atoms with van der Waals surface area (Å²) in [7, 11) is 1.95. The first kappa shape index (κ1) is 19.7. The molecule has 0 aliphatic carbocycles. The normalized spacial score (nSPS) is 14.0. The van der Waals surface area contributed by atoms with Gasteiger partial charge in [-0.15, -0.1) is 0 Å². The van der Waals surface area contributed by atoms with Crippen molar-refractivity contribution in [2.24, 2.45) is 5.92 Å². The van der Waals surface area contributed by atoms with Crippen molar-refractivity contribution in [1.82, 2.24) is 10.2 Å². The molecule has 2 nitrogen and oxygen atoms in total. The number of nitrogens with one attached hydrogen (secondary N) is 1. The molecule has 0 radical (unpaired) electrons. The van der Waals surface area contributed by atoms with Crippen molar-refractivity contribution in [2.75, 3.05) is 26.7 Å². The van der Waals surface area contributed by atoms with Crippen molar-refractivity contribution in [3.05, 3.63) is 48.5 Å². The molecule has 0 aromatic rings. The van der Waals surface area contributed by atoms with Crippen molar-refractivity contribution in [1.29, 1.82) is 0 Å². The number of hydrogen-bond acceptors (Lipinski definition) is 2. The standard InChI is InChI=1S/C18H31FN2/c1-6-12-21(13-7-2)14-11-18(15-20-5)16(3)9-8-10-17(4)19/h8-11,14,18,20H,4,6-7,12-13,15H2,1-3,5H3/b10-8-,14-11+,16-9+. The summed E-state index contributed by atoms with van der Waals surface area (Å²) in [6.07, 6.45) is 11.8. The lowest BCUT2D eigenvalue weighted by Gasteiger charge is -2.20. The summed E-state index contributed by atoms with van der Waals surface area (Å²) in [5.74, 6) is -0.111. The van der Waals surface area contributed by atoms with Crippen LogP contribution in [0.3, 0.4) is 0 Å². The van der Waals surface area contributed by atoms with Gasteiger partial charge >= 0.3 is 0 Å². The highest BCUT2D eigenvalue weighted by Gasteiger charge is 2.06. The quantitative estimate of drug-likeness (QED) is 0.567. The molecule has 0 aromatic heterocycles. The topological polar surface area (TPSA) is 15.3 Å². The maximum absolute atomic E-state index is 12.6. The Labute approximate surface area is 130 Å². The van der Waals surface area contributed by atoms with Gasteiger partial charge in [-0.2, -0.15) is 0 Å². The van der Waals surface area contributed by atoms with Crippen molar-refractivity contribution in [3.63, 3.8) is 0 Å². The molecule has 1 atom stereocenters. The summed E-state index contributed by atoms with van der Waals surface area (Å²) in [5, 5.41) is 3.21. The van der Waals surface area contributed by atoms with E-state index in [4.69, 9.17) is 0 Å². The van der Waals surface area contributed by atoms with Crippen LogP contribution in [0.15, 0.2) is 48.5 Å². The Hall–Kier alpha value is -1.35. The van der Waals surface area contributed by atoms with E-state index in [0.29, 0.717) is 5.92 Å². The maximum atomic E-state index is 12.6. The fraction of sp³-hybridized carbons (Fsp3) is 0.556. The van der Waals surface area contributed by atoms with Crippen molar-refractivity contribution in [3.8, 4) is 0 Å². The highest BCUT2D eigenvalue weighted by Crippen LogP contribution is 2.13. The molecule has 0 aliphatic heterocycles. The number of hydrogen-bond donors (Lipinski definition) is 1. The van der Waals surface area contributed by atoms with Gasteiger partial charge in [0, 0.05) is 25.6 Å². The van der Waals surface area contributed by atoms with Gasteiger partial charge in [0.15, 0.2) is 0 Å². The predicted octanol–water partition coefficient (Wildman–Crippen LogP) is 4.44. The van der Waals surface area contributed by atoms with Crippen LogP contribution < -0.4 is 5.32 Å². The Bertz CT molecular complexity index is 363. The van der Waals surface area contributed by atoms with Gasteiger partial charge in [0.1, 0.15) is 5.83 Å². The van der Waals surface area contributed by atoms with E-state index in [2.05, 4.69) is 49.8 Å². The zero-order valence-corrected chi connectivity index (χ0v) is 14.0. The van der Waals surface area contributed by atoms with E-state index in [-0.39, 0.29) is 0 Å². The average molecular weight is 294 g/mol. The molecular formula is C18H31FN2. The minimum absolute atomic E-state index is 0.309. The monoisotopic (exact) mass is 294 g/mol. The van der Waals surface area contributed by atoms with Gasteiger partial charge in [-0.25, -0.2) is 4.39 Å². The zero-order chi connectivity index (χ0) is 16.1. The van der Waals surface area contributed by atoms with Gasteiger partial charge in [-0.1, -0.05) is 44.2 Å². The molecule has 120 valence electrons. The van der Waals surface area contributed by atoms with Crippen LogP contribution in [0, 0.1) is 5.92 Å². The maximum Gasteiger partial charge on any atom is 0.116 e. The van der Waals surface area contributed by atoms with Gasteiger partial charge in [-0.3, -0.25) is 0 Å². The SMILES string of the molecule is C=C(F)/C=C\C=C(/C)C(/C=C/N(CCC)CCC)CNC. The highest BCUT2D eigenvalue weighted by molar-refractivity contribution is 5.21. The van der Waals surface area contributed by atoms with Crippen LogP contribution in [-0.4, -0.2) is 31.6 Å². The van der Waals surface area contributed by atoms with Crippen LogP contribution in [0.1, 0.15) is 33.6 Å². The van der Waals surface area contributed by atoms with E-state index >= 15 is 0 Å². The largest absolute Gasteiger partial charge is 0.378 e. The molecule has 0 bridgehead atoms. The van der Waals surface area contributed by atoms with Crippen LogP contribution in [0.2, 0.25) is 0 Å². The average Bonchev–Trinajstić information content (AvgIpc) is 2.43. The molecule has 0 aliphatic rings. The molecule has 0 aromatic carbocycles. The molecule has 0 spiro atoms. The second kappa shape index (κ2) is 12.4. The number of allylic oxidation sites excluding steroid dienone is 4. The van der Waals surface area contributed by atoms with Crippen molar-refractivity contribution < 1.29 is 4.39 Å². The Morgan fingerprint density at radius 2 is 1.90 bits per heavy atom. The summed E-state index contributed by atoms with van der Waals surface area (Å²) in [6, 6.07) is 0. The first-order chi connectivity index (χ1) is 10.0. The lowest BCUT2D eigenvalue weighted by atomic mass is 9.99. The number of halogens is 1. The van der Waals surface area contributed by atoms with E-state index in [1.807, 2.05) is 13.1 Å². The van der Waals surface area contributed by atoms with Crippen LogP contribution in [0.4, 0.5) is 4.39 Å². The van der Waals surface area contributed by atoms with E-state index in [0.717, 1.165) is 32.5 Å². The molecule has 0 saturated carbocycles. The summed E-state index contributed by atoms with van der Waals surface area (Å²) >= 11 is 0. The molecule has 1 unspecified atom stereocenters. The molecular weight excluding hydrogens is 263 g/mol. The molecule has 0 heterocycles. The Morgan fingerprint density at radius 3 is 2.38 bits per heavy atom. The van der Waals surface area contributed by atoms with Crippen LogP contribution in [0.5, 0.6) is 0 Å². The minimum atomic E-state index is -0.420. The Morgan fingerprint density at radius 1 is 1.29 bits per heavy atom. The lowest BCUT2D eigenvalue weighted by molar-refractivity contribution is 0.373. The number of rotatable bonds is 11. The predicted molar refractivity (Wildman–Crippen MR) is 91.9 cm³/mol. The van der Waals surface area contributed by atoms with Gasteiger partial charge in [0.25, 0.3) is 0 Å². The second-order valence-corrected chi connectivity index (χ2v) is 5.26. The third-order valence-electron chi connectivity index (χ3n) is 3.20. The summed E-state index contributed by atoms with van der Waals surface area (Å²) < 4.78 is 12.6. The van der Waals surface area contributed by atoms with E-state index in [9.17, 15) is 4.39 Å². The van der Waals surface area contributed by atoms with Gasteiger partial charge in [0.2, 0.25) is 0 Å². The molecule has 0 saturated heterocycles. The van der Waals surface area contributed by atoms with Gasteiger partial charge < -0.3 is 10.2 Å². The van der Waals surface area contributed by atoms with Crippen molar-refractivity contribution in [2.45, 2.75) is 33.6 Å². The van der Waals surface area contributed by atoms with Crippen molar-refractivity contribution >= 4 is 0 Å². The molecule has 0 amide bonds. The van der Waals surface area contributed by atoms with Crippen LogP contribution in [0.25, 0.3) is 0 Å². The molecule has 0 fully saturated rings. The second-order valence-electron chi connectivity index (χ2n) is 5.26. The summed E-state index contributed by atoms with van der Waals surface area (Å²) in [6.45, 7) is 12.7. The zero-order valence-electron chi connectivity index (χ0n) is 14.0. The first-order valence-corrected chi connectivity index (χ1v) is 7.81. The smallest absolute Gasteiger partial charge is 0.116 e. The third-order valence-corrected chi connectivity index (χ3v) is 3.20. The summed E-state index contributed by atoms with van der Waals surface area (Å²) in [4.78, 5) is 2.36. The van der Waals surface area contributed by atoms with E-state index in [1.165, 1.54) is 11.6 Å². The van der Waals surface area contributed by atoms with Crippen LogP contribution in [-0.2, 0) is 0 Å². The van der Waals surface area contributed by atoms with E-state index < -0.39 is 5.83 Å². The minimum Gasteiger partial charge on any atom is -0.378 e. The van der Waals surface area contributed by atoms with E-state index in [1.54, 1.807) is 6.08 Å². The van der Waals surface area contributed by atoms with Gasteiger partial charge in [0.05, 0.1) is 0 Å². The highest BCUT2D eigenvalue weighted by atomic mass is 19.1. The summed E-state index contributed by atoms with van der Waals surface area (Å²) in [5.41, 5.74) is 1.20. The third kappa shape index (κ3) is 10.1. The molecule has 21 heavy (non-hydrogen) atoms. The number of nitrogens with zero attached hydrogens (tertiary/aromatic N) is 1. The first-order valence-electron chi connectivity index (χ1n) is 7.81. The Kier molecular flexibility index (Phi) is 11.6. The molecule has 1 N–H and O–H groups in total. The fourth-order valence-corrected chi connectivity index (χ4v) is 2.09. The Balaban J connectivity index is 4.82. The molecule has 0 rings (SSSR count). The lowest BCUT2D eigenvalue weighted by Crippen LogP contribution is -2.22. The fourth-order valence-electron chi connectivity index (χ4n) is 2.09. The molecule has 3 heteroatoms.